The van der Waals surface area contributed by atoms with Crippen LogP contribution in [-0.2, 0) is 11.2 Å². The van der Waals surface area contributed by atoms with Crippen LogP contribution in [0.15, 0.2) is 80.4 Å². The maximum Gasteiger partial charge on any atom is 0.271 e. The van der Waals surface area contributed by atoms with E-state index in [1.807, 2.05) is 34.9 Å². The highest BCUT2D eigenvalue weighted by Crippen LogP contribution is 2.41. The van der Waals surface area contributed by atoms with Crippen molar-refractivity contribution < 1.29 is 13.9 Å². The lowest BCUT2D eigenvalue weighted by molar-refractivity contribution is 0.120. The van der Waals surface area contributed by atoms with Crippen molar-refractivity contribution in [3.63, 3.8) is 0 Å². The summed E-state index contributed by atoms with van der Waals surface area (Å²) in [6, 6.07) is 20.1. The summed E-state index contributed by atoms with van der Waals surface area (Å²) in [6.45, 7) is 2.97. The second-order valence-electron chi connectivity index (χ2n) is 9.66. The number of anilines is 1. The monoisotopic (exact) mass is 525 g/mol. The Balaban J connectivity index is 1.37. The molecule has 7 rings (SSSR count). The van der Waals surface area contributed by atoms with Gasteiger partial charge in [-0.1, -0.05) is 47.7 Å². The van der Waals surface area contributed by atoms with Gasteiger partial charge in [-0.05, 0) is 47.7 Å². The highest BCUT2D eigenvalue weighted by Gasteiger charge is 2.32. The lowest BCUT2D eigenvalue weighted by atomic mass is 9.83. The van der Waals surface area contributed by atoms with Gasteiger partial charge < -0.3 is 18.8 Å². The number of methoxy groups -OCH3 is 1. The van der Waals surface area contributed by atoms with Crippen LogP contribution >= 0.6 is 11.3 Å². The number of furan rings is 1. The number of rotatable bonds is 4. The summed E-state index contributed by atoms with van der Waals surface area (Å²) in [5, 5.41) is 0. The first-order valence-electron chi connectivity index (χ1n) is 12.9. The molecule has 4 heterocycles. The van der Waals surface area contributed by atoms with Gasteiger partial charge in [-0.2, -0.15) is 0 Å². The number of aryl methyl sites for hydroxylation is 1. The molecule has 2 aromatic heterocycles. The number of hydrogen-bond donors (Lipinski definition) is 0. The fourth-order valence-corrected chi connectivity index (χ4v) is 6.59. The number of nitrogens with zero attached hydrogens (tertiary/aromatic N) is 3. The van der Waals surface area contributed by atoms with E-state index < -0.39 is 0 Å². The highest BCUT2D eigenvalue weighted by atomic mass is 32.1. The molecule has 1 aliphatic carbocycles. The van der Waals surface area contributed by atoms with Crippen molar-refractivity contribution in [2.24, 2.45) is 4.99 Å². The van der Waals surface area contributed by atoms with E-state index in [1.165, 1.54) is 22.5 Å². The van der Waals surface area contributed by atoms with Crippen molar-refractivity contribution in [1.29, 1.82) is 0 Å². The molecule has 3 aliphatic rings. The van der Waals surface area contributed by atoms with E-state index in [2.05, 4.69) is 41.3 Å². The Kier molecular flexibility index (Phi) is 5.78. The van der Waals surface area contributed by atoms with Crippen molar-refractivity contribution in [3.8, 4) is 5.75 Å². The van der Waals surface area contributed by atoms with E-state index in [9.17, 15) is 4.79 Å². The molecule has 0 N–H and O–H groups in total. The van der Waals surface area contributed by atoms with Crippen LogP contribution in [0.5, 0.6) is 5.75 Å². The maximum atomic E-state index is 13.9. The van der Waals surface area contributed by atoms with Crippen LogP contribution in [0.3, 0.4) is 0 Å². The van der Waals surface area contributed by atoms with Gasteiger partial charge in [0.15, 0.2) is 10.7 Å². The number of aromatic nitrogens is 1. The molecule has 8 heteroatoms. The standard InChI is InChI=1S/C30H27N3O4S/c1-35-21-9-6-20(7-10-21)28-24-12-8-19-4-2-3-5-23(19)27(24)31-30-33(28)29(34)25(38-30)18-22-11-13-26(37-22)32-14-16-36-17-15-32/h2-7,9-11,13,18,28H,8,12,14-17H2,1H3/b25-18-/t28-/m0/s1. The summed E-state index contributed by atoms with van der Waals surface area (Å²) in [5.74, 6) is 2.25. The topological polar surface area (TPSA) is 69.2 Å². The average Bonchev–Trinajstić information content (AvgIpc) is 3.57. The molecule has 0 spiro atoms. The molecule has 2 aliphatic heterocycles. The van der Waals surface area contributed by atoms with Gasteiger partial charge in [-0.3, -0.25) is 9.36 Å². The number of thiazole rings is 1. The zero-order valence-electron chi connectivity index (χ0n) is 21.1. The first-order valence-corrected chi connectivity index (χ1v) is 13.7. The third-order valence-electron chi connectivity index (χ3n) is 7.51. The Labute approximate surface area is 223 Å². The van der Waals surface area contributed by atoms with E-state index in [-0.39, 0.29) is 11.6 Å². The van der Waals surface area contributed by atoms with Crippen molar-refractivity contribution in [2.75, 3.05) is 38.3 Å². The zero-order valence-corrected chi connectivity index (χ0v) is 21.9. The van der Waals surface area contributed by atoms with Crippen LogP contribution in [0.2, 0.25) is 0 Å². The normalized spacial score (nSPS) is 19.0. The fourth-order valence-electron chi connectivity index (χ4n) is 5.61. The van der Waals surface area contributed by atoms with Crippen LogP contribution in [0.25, 0.3) is 11.8 Å². The number of morpholine rings is 1. The quantitative estimate of drug-likeness (QED) is 0.406. The third-order valence-corrected chi connectivity index (χ3v) is 8.50. The Hall–Kier alpha value is -3.88. The molecule has 7 nitrogen and oxygen atoms in total. The molecule has 1 saturated heterocycles. The molecule has 2 aromatic carbocycles. The van der Waals surface area contributed by atoms with Gasteiger partial charge in [0.1, 0.15) is 11.5 Å². The van der Waals surface area contributed by atoms with Gasteiger partial charge in [-0.25, -0.2) is 4.99 Å². The number of allylic oxidation sites excluding steroid dienone is 1. The Morgan fingerprint density at radius 3 is 2.66 bits per heavy atom. The van der Waals surface area contributed by atoms with E-state index in [4.69, 9.17) is 18.9 Å². The lowest BCUT2D eigenvalue weighted by Gasteiger charge is -2.30. The number of ether oxygens (including phenoxy) is 2. The first kappa shape index (κ1) is 23.3. The second kappa shape index (κ2) is 9.45. The second-order valence-corrected chi connectivity index (χ2v) is 10.7. The minimum Gasteiger partial charge on any atom is -0.497 e. The van der Waals surface area contributed by atoms with Crippen molar-refractivity contribution >= 4 is 29.0 Å². The van der Waals surface area contributed by atoms with Crippen LogP contribution in [0, 0.1) is 0 Å². The third kappa shape index (κ3) is 3.92. The molecular formula is C30H27N3O4S. The van der Waals surface area contributed by atoms with Crippen LogP contribution in [0.4, 0.5) is 5.88 Å². The Morgan fingerprint density at radius 2 is 1.84 bits per heavy atom. The molecule has 1 fully saturated rings. The number of fused-ring (bicyclic) bond motifs is 3. The van der Waals surface area contributed by atoms with Crippen molar-refractivity contribution in [3.05, 3.63) is 108 Å². The smallest absolute Gasteiger partial charge is 0.271 e. The van der Waals surface area contributed by atoms with Gasteiger partial charge in [-0.15, -0.1) is 0 Å². The summed E-state index contributed by atoms with van der Waals surface area (Å²) in [5.41, 5.74) is 5.63. The summed E-state index contributed by atoms with van der Waals surface area (Å²) in [4.78, 5) is 21.9. The van der Waals surface area contributed by atoms with E-state index in [0.717, 1.165) is 54.4 Å². The first-order chi connectivity index (χ1) is 18.7. The van der Waals surface area contributed by atoms with Gasteiger partial charge in [0.05, 0.1) is 36.6 Å². The molecule has 0 amide bonds. The van der Waals surface area contributed by atoms with Gasteiger partial charge in [0, 0.05) is 30.8 Å². The SMILES string of the molecule is COc1ccc([C@H]2C3=C(N=c4s/c(=C\c5ccc(N6CCOCC6)o5)c(=O)n42)c2ccccc2CC3)cc1. The molecule has 0 unspecified atom stereocenters. The fraction of sp³-hybridized carbons (Fsp3) is 0.267. The lowest BCUT2D eigenvalue weighted by Crippen LogP contribution is -2.38. The molecule has 192 valence electrons. The summed E-state index contributed by atoms with van der Waals surface area (Å²) in [7, 11) is 1.66. The summed E-state index contributed by atoms with van der Waals surface area (Å²) < 4.78 is 19.4. The van der Waals surface area contributed by atoms with Crippen LogP contribution < -0.4 is 24.5 Å². The van der Waals surface area contributed by atoms with Crippen molar-refractivity contribution in [1.82, 2.24) is 4.57 Å². The summed E-state index contributed by atoms with van der Waals surface area (Å²) >= 11 is 1.41. The molecule has 0 saturated carbocycles. The van der Waals surface area contributed by atoms with Gasteiger partial charge >= 0.3 is 0 Å². The largest absolute Gasteiger partial charge is 0.497 e. The minimum atomic E-state index is -0.219. The molecule has 1 atom stereocenters. The van der Waals surface area contributed by atoms with E-state index in [0.29, 0.717) is 28.3 Å². The molecular weight excluding hydrogens is 498 g/mol. The Bertz CT molecular complexity index is 1720. The molecule has 38 heavy (non-hydrogen) atoms. The summed E-state index contributed by atoms with van der Waals surface area (Å²) in [6.07, 6.45) is 3.63. The average molecular weight is 526 g/mol. The van der Waals surface area contributed by atoms with Crippen LogP contribution in [-0.4, -0.2) is 38.0 Å². The van der Waals surface area contributed by atoms with E-state index in [1.54, 1.807) is 7.11 Å². The highest BCUT2D eigenvalue weighted by molar-refractivity contribution is 7.07. The zero-order chi connectivity index (χ0) is 25.6. The number of benzene rings is 2. The molecule has 4 aromatic rings. The predicted octanol–water partition coefficient (Wildman–Crippen LogP) is 3.76. The van der Waals surface area contributed by atoms with Crippen molar-refractivity contribution in [2.45, 2.75) is 18.9 Å². The van der Waals surface area contributed by atoms with Crippen LogP contribution in [0.1, 0.15) is 34.9 Å². The molecule has 0 radical (unpaired) electrons. The minimum absolute atomic E-state index is 0.0516. The Morgan fingerprint density at radius 1 is 1.03 bits per heavy atom. The predicted molar refractivity (Wildman–Crippen MR) is 147 cm³/mol. The van der Waals surface area contributed by atoms with Gasteiger partial charge in [0.25, 0.3) is 5.56 Å². The van der Waals surface area contributed by atoms with E-state index >= 15 is 0 Å². The van der Waals surface area contributed by atoms with Gasteiger partial charge in [0.2, 0.25) is 0 Å². The number of hydrogen-bond acceptors (Lipinski definition) is 7. The molecule has 0 bridgehead atoms. The maximum absolute atomic E-state index is 13.9.